The molecule has 5 nitrogen and oxygen atoms in total. The Bertz CT molecular complexity index is 982. The highest BCUT2D eigenvalue weighted by atomic mass is 16.6. The van der Waals surface area contributed by atoms with Crippen molar-refractivity contribution in [2.75, 3.05) is 20.8 Å². The van der Waals surface area contributed by atoms with E-state index in [9.17, 15) is 4.79 Å². The van der Waals surface area contributed by atoms with E-state index in [4.69, 9.17) is 18.9 Å². The van der Waals surface area contributed by atoms with Crippen LogP contribution in [0.3, 0.4) is 0 Å². The van der Waals surface area contributed by atoms with E-state index < -0.39 is 12.2 Å². The summed E-state index contributed by atoms with van der Waals surface area (Å²) in [6.45, 7) is 4.72. The second kappa shape index (κ2) is 10.4. The van der Waals surface area contributed by atoms with Gasteiger partial charge in [-0.3, -0.25) is 4.79 Å². The molecule has 2 aromatic rings. The summed E-state index contributed by atoms with van der Waals surface area (Å²) in [6, 6.07) is 15.4. The Morgan fingerprint density at radius 3 is 2.00 bits per heavy atom. The fourth-order valence-corrected chi connectivity index (χ4v) is 4.99. The Morgan fingerprint density at radius 2 is 1.48 bits per heavy atom. The number of fused-ring (bicyclic) bond motifs is 2. The van der Waals surface area contributed by atoms with Crippen LogP contribution < -0.4 is 9.47 Å². The molecule has 4 rings (SSSR count). The molecule has 2 bridgehead atoms. The Balaban J connectivity index is 1.74. The molecule has 0 aliphatic heterocycles. The molecule has 5 atom stereocenters. The lowest BCUT2D eigenvalue weighted by Crippen LogP contribution is -2.28. The van der Waals surface area contributed by atoms with Crippen molar-refractivity contribution in [1.82, 2.24) is 0 Å². The molecule has 33 heavy (non-hydrogen) atoms. The summed E-state index contributed by atoms with van der Waals surface area (Å²) < 4.78 is 24.1. The molecule has 0 heterocycles. The summed E-state index contributed by atoms with van der Waals surface area (Å²) in [6.07, 6.45) is 5.08. The van der Waals surface area contributed by atoms with Gasteiger partial charge in [-0.2, -0.15) is 0 Å². The minimum atomic E-state index is -0.674. The lowest BCUT2D eigenvalue weighted by molar-refractivity contribution is -0.166. The molecule has 3 unspecified atom stereocenters. The van der Waals surface area contributed by atoms with Crippen molar-refractivity contribution in [2.24, 2.45) is 23.7 Å². The zero-order valence-corrected chi connectivity index (χ0v) is 19.9. The van der Waals surface area contributed by atoms with E-state index >= 15 is 0 Å². The third-order valence-electron chi connectivity index (χ3n) is 6.60. The maximum atomic E-state index is 13.5. The Hall–Kier alpha value is -2.79. The number of esters is 1. The number of hydrogen-bond acceptors (Lipinski definition) is 5. The van der Waals surface area contributed by atoms with Gasteiger partial charge in [-0.05, 0) is 42.7 Å². The zero-order chi connectivity index (χ0) is 23.4. The van der Waals surface area contributed by atoms with E-state index in [2.05, 4.69) is 26.0 Å². The van der Waals surface area contributed by atoms with Gasteiger partial charge in [-0.1, -0.05) is 62.4 Å². The van der Waals surface area contributed by atoms with Gasteiger partial charge in [-0.15, -0.1) is 0 Å². The minimum Gasteiger partial charge on any atom is -0.496 e. The first-order valence-electron chi connectivity index (χ1n) is 11.8. The molecule has 2 aromatic carbocycles. The molecule has 0 saturated heterocycles. The van der Waals surface area contributed by atoms with Crippen molar-refractivity contribution < 1.29 is 23.7 Å². The predicted molar refractivity (Wildman–Crippen MR) is 127 cm³/mol. The number of carbonyl (C=O) groups excluding carboxylic acids is 1. The lowest BCUT2D eigenvalue weighted by atomic mass is 9.92. The van der Waals surface area contributed by atoms with Gasteiger partial charge in [-0.25, -0.2) is 0 Å². The van der Waals surface area contributed by atoms with Crippen LogP contribution in [0.4, 0.5) is 0 Å². The standard InChI is InChI=1S/C28H34O5/c1-18(2)17-32-26(21-9-5-7-11-24(21)30-3)27(22-10-6-8-12-25(22)31-4)33-28(29)23-16-19-13-14-20(23)15-19/h5-14,18-20,23,26-27H,15-17H2,1-4H3/t19?,20?,23?,26-,27+/m0/s1. The van der Waals surface area contributed by atoms with Crippen LogP contribution in [0.5, 0.6) is 11.5 Å². The van der Waals surface area contributed by atoms with E-state index in [-0.39, 0.29) is 17.8 Å². The average molecular weight is 451 g/mol. The number of rotatable bonds is 10. The molecule has 176 valence electrons. The van der Waals surface area contributed by atoms with Gasteiger partial charge in [0.2, 0.25) is 0 Å². The van der Waals surface area contributed by atoms with Crippen LogP contribution in [-0.2, 0) is 14.3 Å². The summed E-state index contributed by atoms with van der Waals surface area (Å²) in [5.41, 5.74) is 1.63. The molecule has 0 spiro atoms. The topological polar surface area (TPSA) is 54.0 Å². The van der Waals surface area contributed by atoms with Gasteiger partial charge < -0.3 is 18.9 Å². The largest absolute Gasteiger partial charge is 0.496 e. The zero-order valence-electron chi connectivity index (χ0n) is 19.9. The summed E-state index contributed by atoms with van der Waals surface area (Å²) >= 11 is 0. The SMILES string of the molecule is COc1ccccc1[C@@H](OC(=O)C1CC2C=CC1C2)[C@@H](OCC(C)C)c1ccccc1OC. The molecular formula is C28H34O5. The van der Waals surface area contributed by atoms with Crippen LogP contribution in [0.1, 0.15) is 50.0 Å². The smallest absolute Gasteiger partial charge is 0.310 e. The minimum absolute atomic E-state index is 0.111. The van der Waals surface area contributed by atoms with Crippen molar-refractivity contribution in [1.29, 1.82) is 0 Å². The van der Waals surface area contributed by atoms with Crippen LogP contribution in [0.25, 0.3) is 0 Å². The molecule has 2 aliphatic rings. The monoisotopic (exact) mass is 450 g/mol. The van der Waals surface area contributed by atoms with E-state index in [1.807, 2.05) is 48.5 Å². The number of hydrogen-bond donors (Lipinski definition) is 0. The molecule has 5 heteroatoms. The molecule has 0 N–H and O–H groups in total. The van der Waals surface area contributed by atoms with Crippen molar-refractivity contribution in [3.63, 3.8) is 0 Å². The summed E-state index contributed by atoms with van der Waals surface area (Å²) in [5.74, 6) is 2.14. The summed E-state index contributed by atoms with van der Waals surface area (Å²) in [5, 5.41) is 0. The van der Waals surface area contributed by atoms with Crippen molar-refractivity contribution in [2.45, 2.75) is 38.9 Å². The van der Waals surface area contributed by atoms with Crippen molar-refractivity contribution in [3.8, 4) is 11.5 Å². The Labute approximate surface area is 196 Å². The van der Waals surface area contributed by atoms with Crippen LogP contribution in [0, 0.1) is 23.7 Å². The number of methoxy groups -OCH3 is 2. The van der Waals surface area contributed by atoms with Crippen LogP contribution >= 0.6 is 0 Å². The van der Waals surface area contributed by atoms with Gasteiger partial charge in [0.15, 0.2) is 6.10 Å². The van der Waals surface area contributed by atoms with Crippen molar-refractivity contribution in [3.05, 3.63) is 71.8 Å². The second-order valence-corrected chi connectivity index (χ2v) is 9.38. The molecule has 1 fully saturated rings. The number of benzene rings is 2. The van der Waals surface area contributed by atoms with E-state index in [1.165, 1.54) is 0 Å². The van der Waals surface area contributed by atoms with Crippen molar-refractivity contribution >= 4 is 5.97 Å². The van der Waals surface area contributed by atoms with Gasteiger partial charge in [0.05, 0.1) is 20.1 Å². The van der Waals surface area contributed by atoms with Crippen LogP contribution in [0.15, 0.2) is 60.7 Å². The highest BCUT2D eigenvalue weighted by Gasteiger charge is 2.43. The fraction of sp³-hybridized carbons (Fsp3) is 0.464. The molecular weight excluding hydrogens is 416 g/mol. The predicted octanol–water partition coefficient (Wildman–Crippen LogP) is 5.91. The highest BCUT2D eigenvalue weighted by molar-refractivity contribution is 5.74. The first kappa shape index (κ1) is 23.4. The molecule has 2 aliphatic carbocycles. The van der Waals surface area contributed by atoms with Gasteiger partial charge in [0.25, 0.3) is 0 Å². The molecule has 0 amide bonds. The number of ether oxygens (including phenoxy) is 4. The van der Waals surface area contributed by atoms with Gasteiger partial charge >= 0.3 is 5.97 Å². The fourth-order valence-electron chi connectivity index (χ4n) is 4.99. The quantitative estimate of drug-likeness (QED) is 0.332. The van der Waals surface area contributed by atoms with Crippen LogP contribution in [-0.4, -0.2) is 26.8 Å². The molecule has 1 saturated carbocycles. The summed E-state index contributed by atoms with van der Waals surface area (Å²) in [7, 11) is 3.27. The average Bonchev–Trinajstić information content (AvgIpc) is 3.47. The maximum Gasteiger partial charge on any atom is 0.310 e. The first-order valence-corrected chi connectivity index (χ1v) is 11.8. The van der Waals surface area contributed by atoms with Gasteiger partial charge in [0.1, 0.15) is 17.6 Å². The lowest BCUT2D eigenvalue weighted by Gasteiger charge is -2.31. The Kier molecular flexibility index (Phi) is 7.39. The highest BCUT2D eigenvalue weighted by Crippen LogP contribution is 2.47. The Morgan fingerprint density at radius 1 is 0.879 bits per heavy atom. The van der Waals surface area contributed by atoms with E-state index in [1.54, 1.807) is 14.2 Å². The molecule has 0 radical (unpaired) electrons. The van der Waals surface area contributed by atoms with Gasteiger partial charge in [0, 0.05) is 17.7 Å². The maximum absolute atomic E-state index is 13.5. The third-order valence-corrected chi connectivity index (χ3v) is 6.60. The second-order valence-electron chi connectivity index (χ2n) is 9.38. The normalized spacial score (nSPS) is 22.9. The third kappa shape index (κ3) is 5.09. The van der Waals surface area contributed by atoms with E-state index in [0.717, 1.165) is 24.0 Å². The van der Waals surface area contributed by atoms with E-state index in [0.29, 0.717) is 29.9 Å². The number of carbonyl (C=O) groups is 1. The summed E-state index contributed by atoms with van der Waals surface area (Å²) in [4.78, 5) is 13.5. The number of para-hydroxylation sites is 2. The number of allylic oxidation sites excluding steroid dienone is 2. The first-order chi connectivity index (χ1) is 16.0. The van der Waals surface area contributed by atoms with Crippen LogP contribution in [0.2, 0.25) is 0 Å². The molecule has 0 aromatic heterocycles.